The van der Waals surface area contributed by atoms with Gasteiger partial charge in [0.2, 0.25) is 0 Å². The van der Waals surface area contributed by atoms with Crippen LogP contribution in [0.5, 0.6) is 0 Å². The van der Waals surface area contributed by atoms with E-state index in [2.05, 4.69) is 5.32 Å². The van der Waals surface area contributed by atoms with E-state index in [0.29, 0.717) is 5.56 Å². The van der Waals surface area contributed by atoms with Crippen molar-refractivity contribution in [3.05, 3.63) is 71.9 Å². The van der Waals surface area contributed by atoms with Crippen LogP contribution in [-0.2, 0) is 7.05 Å². The number of aliphatic hydroxyl groups excluding tert-OH is 1. The highest BCUT2D eigenvalue weighted by Crippen LogP contribution is 2.25. The minimum atomic E-state index is -0.737. The first-order chi connectivity index (χ1) is 10.7. The van der Waals surface area contributed by atoms with Crippen LogP contribution in [0, 0.1) is 0 Å². The molecule has 4 nitrogen and oxygen atoms in total. The van der Waals surface area contributed by atoms with Crippen LogP contribution in [0.3, 0.4) is 0 Å². The van der Waals surface area contributed by atoms with Crippen LogP contribution in [-0.4, -0.2) is 22.1 Å². The van der Waals surface area contributed by atoms with Gasteiger partial charge < -0.3 is 15.0 Å². The average Bonchev–Trinajstić information content (AvgIpc) is 2.91. The number of aromatic nitrogens is 1. The number of aryl methyl sites for hydroxylation is 1. The van der Waals surface area contributed by atoms with E-state index in [9.17, 15) is 9.90 Å². The zero-order valence-corrected chi connectivity index (χ0v) is 12.4. The predicted molar refractivity (Wildman–Crippen MR) is 86.7 cm³/mol. The Morgan fingerprint density at radius 2 is 1.82 bits per heavy atom. The number of fused-ring (bicyclic) bond motifs is 1. The quantitative estimate of drug-likeness (QED) is 0.777. The van der Waals surface area contributed by atoms with E-state index < -0.39 is 6.10 Å². The zero-order valence-electron chi connectivity index (χ0n) is 12.4. The van der Waals surface area contributed by atoms with Gasteiger partial charge in [0.15, 0.2) is 0 Å². The fourth-order valence-electron chi connectivity index (χ4n) is 2.63. The number of carbonyl (C=O) groups is 1. The number of amides is 1. The Morgan fingerprint density at radius 3 is 2.59 bits per heavy atom. The van der Waals surface area contributed by atoms with Crippen LogP contribution >= 0.6 is 0 Å². The zero-order chi connectivity index (χ0) is 15.5. The van der Waals surface area contributed by atoms with Crippen LogP contribution in [0.15, 0.2) is 60.8 Å². The minimum absolute atomic E-state index is 0.181. The third kappa shape index (κ3) is 2.73. The van der Waals surface area contributed by atoms with Crippen LogP contribution in [0.2, 0.25) is 0 Å². The van der Waals surface area contributed by atoms with Crippen molar-refractivity contribution in [3.8, 4) is 0 Å². The highest BCUT2D eigenvalue weighted by Gasteiger charge is 2.15. The van der Waals surface area contributed by atoms with Gasteiger partial charge in [-0.15, -0.1) is 0 Å². The molecule has 3 rings (SSSR count). The first-order valence-electron chi connectivity index (χ1n) is 7.22. The second-order valence-electron chi connectivity index (χ2n) is 5.30. The second-order valence-corrected chi connectivity index (χ2v) is 5.30. The molecule has 1 heterocycles. The molecule has 2 N–H and O–H groups in total. The molecule has 4 heteroatoms. The van der Waals surface area contributed by atoms with Crippen LogP contribution in [0.1, 0.15) is 22.0 Å². The molecular weight excluding hydrogens is 276 g/mol. The summed E-state index contributed by atoms with van der Waals surface area (Å²) in [4.78, 5) is 12.0. The van der Waals surface area contributed by atoms with E-state index in [4.69, 9.17) is 0 Å². The van der Waals surface area contributed by atoms with Crippen LogP contribution in [0.4, 0.5) is 0 Å². The number of para-hydroxylation sites is 1. The molecule has 0 fully saturated rings. The maximum absolute atomic E-state index is 12.0. The van der Waals surface area contributed by atoms with Gasteiger partial charge in [0.05, 0.1) is 6.10 Å². The van der Waals surface area contributed by atoms with E-state index in [-0.39, 0.29) is 12.5 Å². The lowest BCUT2D eigenvalue weighted by Crippen LogP contribution is -2.28. The summed E-state index contributed by atoms with van der Waals surface area (Å²) < 4.78 is 1.98. The maximum atomic E-state index is 12.0. The number of nitrogens with one attached hydrogen (secondary N) is 1. The Hall–Kier alpha value is -2.59. The van der Waals surface area contributed by atoms with Crippen LogP contribution < -0.4 is 5.32 Å². The lowest BCUT2D eigenvalue weighted by Gasteiger charge is -2.11. The van der Waals surface area contributed by atoms with Gasteiger partial charge in [-0.25, -0.2) is 0 Å². The fourth-order valence-corrected chi connectivity index (χ4v) is 2.63. The SMILES string of the molecule is Cn1cc(C(O)CNC(=O)c2ccccc2)c2ccccc21. The number of hydrogen-bond acceptors (Lipinski definition) is 2. The predicted octanol–water partition coefficient (Wildman–Crippen LogP) is 2.64. The summed E-state index contributed by atoms with van der Waals surface area (Å²) in [6.45, 7) is 0.182. The van der Waals surface area contributed by atoms with Crippen molar-refractivity contribution in [1.82, 2.24) is 9.88 Å². The van der Waals surface area contributed by atoms with Gasteiger partial charge in [-0.05, 0) is 18.2 Å². The molecule has 2 aromatic carbocycles. The smallest absolute Gasteiger partial charge is 0.251 e. The topological polar surface area (TPSA) is 54.3 Å². The van der Waals surface area contributed by atoms with Crippen molar-refractivity contribution in [3.63, 3.8) is 0 Å². The average molecular weight is 294 g/mol. The van der Waals surface area contributed by atoms with Gasteiger partial charge in [0, 0.05) is 41.8 Å². The molecule has 112 valence electrons. The Balaban J connectivity index is 1.74. The third-order valence-corrected chi connectivity index (χ3v) is 3.78. The van der Waals surface area contributed by atoms with Crippen molar-refractivity contribution in [1.29, 1.82) is 0 Å². The molecule has 22 heavy (non-hydrogen) atoms. The second kappa shape index (κ2) is 6.03. The van der Waals surface area contributed by atoms with E-state index in [1.165, 1.54) is 0 Å². The van der Waals surface area contributed by atoms with E-state index in [1.54, 1.807) is 12.1 Å². The molecule has 0 aliphatic rings. The standard InChI is InChI=1S/C18H18N2O2/c1-20-12-15(14-9-5-6-10-16(14)20)17(21)11-19-18(22)13-7-3-2-4-8-13/h2-10,12,17,21H,11H2,1H3,(H,19,22). The first kappa shape index (κ1) is 14.4. The van der Waals surface area contributed by atoms with Crippen molar-refractivity contribution < 1.29 is 9.90 Å². The lowest BCUT2D eigenvalue weighted by molar-refractivity contribution is 0.0917. The first-order valence-corrected chi connectivity index (χ1v) is 7.22. The summed E-state index contributed by atoms with van der Waals surface area (Å²) in [7, 11) is 1.95. The van der Waals surface area contributed by atoms with Crippen molar-refractivity contribution in [2.75, 3.05) is 6.54 Å². The molecule has 1 unspecified atom stereocenters. The van der Waals surface area contributed by atoms with Gasteiger partial charge in [0.1, 0.15) is 0 Å². The van der Waals surface area contributed by atoms with E-state index in [1.807, 2.05) is 60.3 Å². The largest absolute Gasteiger partial charge is 0.386 e. The van der Waals surface area contributed by atoms with Crippen LogP contribution in [0.25, 0.3) is 10.9 Å². The third-order valence-electron chi connectivity index (χ3n) is 3.78. The Kier molecular flexibility index (Phi) is 3.94. The molecule has 0 radical (unpaired) electrons. The van der Waals surface area contributed by atoms with Crippen molar-refractivity contribution >= 4 is 16.8 Å². The molecule has 0 aliphatic heterocycles. The molecule has 1 aromatic heterocycles. The van der Waals surface area contributed by atoms with E-state index in [0.717, 1.165) is 16.5 Å². The van der Waals surface area contributed by atoms with Gasteiger partial charge in [-0.2, -0.15) is 0 Å². The Labute approximate surface area is 129 Å². The molecular formula is C18H18N2O2. The summed E-state index contributed by atoms with van der Waals surface area (Å²) in [5.41, 5.74) is 2.48. The molecule has 0 saturated carbocycles. The number of rotatable bonds is 4. The van der Waals surface area contributed by atoms with Gasteiger partial charge in [-0.3, -0.25) is 4.79 Å². The summed E-state index contributed by atoms with van der Waals surface area (Å²) in [5, 5.41) is 14.2. The molecule has 0 saturated heterocycles. The number of hydrogen-bond donors (Lipinski definition) is 2. The van der Waals surface area contributed by atoms with Gasteiger partial charge in [-0.1, -0.05) is 36.4 Å². The highest BCUT2D eigenvalue weighted by atomic mass is 16.3. The molecule has 0 bridgehead atoms. The molecule has 1 amide bonds. The monoisotopic (exact) mass is 294 g/mol. The molecule has 1 atom stereocenters. The van der Waals surface area contributed by atoms with Crippen molar-refractivity contribution in [2.24, 2.45) is 7.05 Å². The normalized spacial score (nSPS) is 12.3. The Morgan fingerprint density at radius 1 is 1.14 bits per heavy atom. The van der Waals surface area contributed by atoms with E-state index >= 15 is 0 Å². The molecule has 0 aliphatic carbocycles. The highest BCUT2D eigenvalue weighted by molar-refractivity contribution is 5.94. The molecule has 0 spiro atoms. The van der Waals surface area contributed by atoms with Gasteiger partial charge in [0.25, 0.3) is 5.91 Å². The van der Waals surface area contributed by atoms with Crippen molar-refractivity contribution in [2.45, 2.75) is 6.10 Å². The minimum Gasteiger partial charge on any atom is -0.386 e. The number of nitrogens with zero attached hydrogens (tertiary/aromatic N) is 1. The lowest BCUT2D eigenvalue weighted by atomic mass is 10.1. The fraction of sp³-hybridized carbons (Fsp3) is 0.167. The summed E-state index contributed by atoms with van der Waals surface area (Å²) in [6, 6.07) is 16.9. The number of aliphatic hydroxyl groups is 1. The maximum Gasteiger partial charge on any atom is 0.251 e. The van der Waals surface area contributed by atoms with Gasteiger partial charge >= 0.3 is 0 Å². The summed E-state index contributed by atoms with van der Waals surface area (Å²) in [6.07, 6.45) is 1.17. The number of carbonyl (C=O) groups excluding carboxylic acids is 1. The summed E-state index contributed by atoms with van der Waals surface area (Å²) >= 11 is 0. The summed E-state index contributed by atoms with van der Waals surface area (Å²) in [5.74, 6) is -0.181. The molecule has 3 aromatic rings. The number of benzene rings is 2. The Bertz CT molecular complexity index is 793.